The van der Waals surface area contributed by atoms with Crippen molar-refractivity contribution in [2.75, 3.05) is 13.7 Å². The maximum Gasteiger partial charge on any atom is 0.407 e. The number of hydrogen-bond acceptors (Lipinski definition) is 4. The van der Waals surface area contributed by atoms with Crippen molar-refractivity contribution in [1.82, 2.24) is 10.3 Å². The predicted octanol–water partition coefficient (Wildman–Crippen LogP) is 3.02. The van der Waals surface area contributed by atoms with Crippen LogP contribution >= 0.6 is 0 Å². The summed E-state index contributed by atoms with van der Waals surface area (Å²) in [6.45, 7) is 5.91. The number of carbonyl (C=O) groups is 2. The molecule has 0 atom stereocenters. The number of aromatic amines is 1. The topological polar surface area (TPSA) is 80.4 Å². The van der Waals surface area contributed by atoms with E-state index < -0.39 is 11.7 Å². The highest BCUT2D eigenvalue weighted by Gasteiger charge is 2.16. The smallest absolute Gasteiger partial charge is 0.407 e. The normalized spacial score (nSPS) is 11.3. The number of alkyl carbamates (subject to hydrolysis) is 1. The van der Waals surface area contributed by atoms with Gasteiger partial charge in [-0.15, -0.1) is 0 Å². The minimum Gasteiger partial charge on any atom is -0.465 e. The molecule has 0 radical (unpaired) electrons. The first-order valence-corrected chi connectivity index (χ1v) is 7.45. The Morgan fingerprint density at radius 2 is 2.00 bits per heavy atom. The first-order valence-electron chi connectivity index (χ1n) is 7.45. The molecule has 0 fully saturated rings. The van der Waals surface area contributed by atoms with Gasteiger partial charge in [-0.2, -0.15) is 0 Å². The van der Waals surface area contributed by atoms with Crippen LogP contribution in [-0.4, -0.2) is 36.3 Å². The number of esters is 1. The monoisotopic (exact) mass is 318 g/mol. The molecule has 1 heterocycles. The SMILES string of the molecule is COC(=O)c1ccc2[nH]cc(CCNC(=O)OC(C)(C)C)c2c1. The molecule has 1 amide bonds. The standard InChI is InChI=1S/C17H22N2O4/c1-17(2,3)23-16(21)18-8-7-12-10-19-14-6-5-11(9-13(12)14)15(20)22-4/h5-6,9-10,19H,7-8H2,1-4H3,(H,18,21). The van der Waals surface area contributed by atoms with Crippen LogP contribution in [0.3, 0.4) is 0 Å². The van der Waals surface area contributed by atoms with E-state index >= 15 is 0 Å². The molecule has 1 aromatic heterocycles. The molecule has 0 aliphatic carbocycles. The molecule has 0 saturated carbocycles. The number of amides is 1. The summed E-state index contributed by atoms with van der Waals surface area (Å²) in [5, 5.41) is 3.67. The van der Waals surface area contributed by atoms with Crippen LogP contribution in [0, 0.1) is 0 Å². The molecule has 6 nitrogen and oxygen atoms in total. The summed E-state index contributed by atoms with van der Waals surface area (Å²) < 4.78 is 9.93. The van der Waals surface area contributed by atoms with E-state index in [4.69, 9.17) is 9.47 Å². The second-order valence-electron chi connectivity index (χ2n) is 6.24. The maximum absolute atomic E-state index is 11.6. The van der Waals surface area contributed by atoms with Crippen LogP contribution in [0.5, 0.6) is 0 Å². The number of ether oxygens (including phenoxy) is 2. The molecular weight excluding hydrogens is 296 g/mol. The molecule has 0 aliphatic rings. The minimum absolute atomic E-state index is 0.370. The average Bonchev–Trinajstić information content (AvgIpc) is 2.87. The first-order chi connectivity index (χ1) is 10.8. The molecule has 2 aromatic rings. The Morgan fingerprint density at radius 1 is 1.26 bits per heavy atom. The summed E-state index contributed by atoms with van der Waals surface area (Å²) in [4.78, 5) is 26.4. The zero-order chi connectivity index (χ0) is 17.0. The van der Waals surface area contributed by atoms with Crippen molar-refractivity contribution in [2.45, 2.75) is 32.8 Å². The molecule has 0 spiro atoms. The summed E-state index contributed by atoms with van der Waals surface area (Å²) in [5.41, 5.74) is 1.94. The maximum atomic E-state index is 11.6. The Morgan fingerprint density at radius 3 is 2.65 bits per heavy atom. The van der Waals surface area contributed by atoms with Gasteiger partial charge in [0.15, 0.2) is 0 Å². The summed E-state index contributed by atoms with van der Waals surface area (Å²) in [6, 6.07) is 5.35. The quantitative estimate of drug-likeness (QED) is 0.849. The van der Waals surface area contributed by atoms with Crippen molar-refractivity contribution in [1.29, 1.82) is 0 Å². The lowest BCUT2D eigenvalue weighted by atomic mass is 10.1. The van der Waals surface area contributed by atoms with Crippen molar-refractivity contribution in [3.8, 4) is 0 Å². The third kappa shape index (κ3) is 4.48. The van der Waals surface area contributed by atoms with Gasteiger partial charge in [0.2, 0.25) is 0 Å². The van der Waals surface area contributed by atoms with E-state index in [1.165, 1.54) is 7.11 Å². The summed E-state index contributed by atoms with van der Waals surface area (Å²) in [5.74, 6) is -0.370. The summed E-state index contributed by atoms with van der Waals surface area (Å²) in [6.07, 6.45) is 2.07. The van der Waals surface area contributed by atoms with E-state index in [1.807, 2.05) is 33.0 Å². The number of H-pyrrole nitrogens is 1. The highest BCUT2D eigenvalue weighted by Crippen LogP contribution is 2.20. The van der Waals surface area contributed by atoms with Crippen molar-refractivity contribution in [3.63, 3.8) is 0 Å². The van der Waals surface area contributed by atoms with E-state index in [9.17, 15) is 9.59 Å². The third-order valence-corrected chi connectivity index (χ3v) is 3.25. The Labute approximate surface area is 135 Å². The Bertz CT molecular complexity index is 713. The van der Waals surface area contributed by atoms with Gasteiger partial charge in [-0.3, -0.25) is 0 Å². The van der Waals surface area contributed by atoms with Gasteiger partial charge in [0, 0.05) is 23.6 Å². The second-order valence-corrected chi connectivity index (χ2v) is 6.24. The van der Waals surface area contributed by atoms with Crippen molar-refractivity contribution in [3.05, 3.63) is 35.5 Å². The Balaban J connectivity index is 2.03. The second kappa shape index (κ2) is 6.73. The van der Waals surface area contributed by atoms with Crippen LogP contribution in [0.1, 0.15) is 36.7 Å². The molecule has 0 bridgehead atoms. The van der Waals surface area contributed by atoms with Crippen molar-refractivity contribution in [2.24, 2.45) is 0 Å². The van der Waals surface area contributed by atoms with E-state index in [0.717, 1.165) is 16.5 Å². The van der Waals surface area contributed by atoms with Gasteiger partial charge < -0.3 is 19.8 Å². The molecule has 23 heavy (non-hydrogen) atoms. The van der Waals surface area contributed by atoms with E-state index in [0.29, 0.717) is 18.5 Å². The number of carbonyl (C=O) groups excluding carboxylic acids is 2. The highest BCUT2D eigenvalue weighted by atomic mass is 16.6. The predicted molar refractivity (Wildman–Crippen MR) is 87.6 cm³/mol. The molecule has 0 aliphatic heterocycles. The lowest BCUT2D eigenvalue weighted by Gasteiger charge is -2.19. The molecule has 2 rings (SSSR count). The number of fused-ring (bicyclic) bond motifs is 1. The van der Waals surface area contributed by atoms with Gasteiger partial charge in [0.1, 0.15) is 5.60 Å². The highest BCUT2D eigenvalue weighted by molar-refractivity contribution is 5.95. The van der Waals surface area contributed by atoms with E-state index in [1.54, 1.807) is 12.1 Å². The minimum atomic E-state index is -0.514. The fourth-order valence-electron chi connectivity index (χ4n) is 2.24. The zero-order valence-corrected chi connectivity index (χ0v) is 13.9. The average molecular weight is 318 g/mol. The van der Waals surface area contributed by atoms with Crippen LogP contribution < -0.4 is 5.32 Å². The van der Waals surface area contributed by atoms with Crippen molar-refractivity contribution >= 4 is 23.0 Å². The first kappa shape index (κ1) is 16.9. The number of aromatic nitrogens is 1. The van der Waals surface area contributed by atoms with Crippen LogP contribution in [0.4, 0.5) is 4.79 Å². The fourth-order valence-corrected chi connectivity index (χ4v) is 2.24. The number of nitrogens with one attached hydrogen (secondary N) is 2. The van der Waals surface area contributed by atoms with Crippen molar-refractivity contribution < 1.29 is 19.1 Å². The van der Waals surface area contributed by atoms with E-state index in [-0.39, 0.29) is 5.97 Å². The lowest BCUT2D eigenvalue weighted by Crippen LogP contribution is -2.33. The van der Waals surface area contributed by atoms with Crippen LogP contribution in [0.2, 0.25) is 0 Å². The largest absolute Gasteiger partial charge is 0.465 e. The van der Waals surface area contributed by atoms with Gasteiger partial charge >= 0.3 is 12.1 Å². The molecule has 0 unspecified atom stereocenters. The Kier molecular flexibility index (Phi) is 4.93. The lowest BCUT2D eigenvalue weighted by molar-refractivity contribution is 0.0527. The summed E-state index contributed by atoms with van der Waals surface area (Å²) in [7, 11) is 1.36. The van der Waals surface area contributed by atoms with Gasteiger partial charge in [-0.1, -0.05) is 0 Å². The zero-order valence-electron chi connectivity index (χ0n) is 13.9. The van der Waals surface area contributed by atoms with Crippen LogP contribution in [0.15, 0.2) is 24.4 Å². The van der Waals surface area contributed by atoms with Gasteiger partial charge in [0.05, 0.1) is 12.7 Å². The Hall–Kier alpha value is -2.50. The van der Waals surface area contributed by atoms with Crippen LogP contribution in [0.25, 0.3) is 10.9 Å². The molecule has 1 aromatic carbocycles. The van der Waals surface area contributed by atoms with Gasteiger partial charge in [-0.05, 0) is 51.0 Å². The summed E-state index contributed by atoms with van der Waals surface area (Å²) >= 11 is 0. The molecule has 0 saturated heterocycles. The number of hydrogen-bond donors (Lipinski definition) is 2. The van der Waals surface area contributed by atoms with Crippen LogP contribution in [-0.2, 0) is 15.9 Å². The fraction of sp³-hybridized carbons (Fsp3) is 0.412. The molecule has 2 N–H and O–H groups in total. The number of benzene rings is 1. The molecule has 6 heteroatoms. The number of methoxy groups -OCH3 is 1. The van der Waals surface area contributed by atoms with Gasteiger partial charge in [-0.25, -0.2) is 9.59 Å². The van der Waals surface area contributed by atoms with E-state index in [2.05, 4.69) is 10.3 Å². The molecule has 124 valence electrons. The van der Waals surface area contributed by atoms with Gasteiger partial charge in [0.25, 0.3) is 0 Å². The number of rotatable bonds is 4. The third-order valence-electron chi connectivity index (χ3n) is 3.25. The molecular formula is C17H22N2O4.